The molecule has 0 aromatic carbocycles. The van der Waals surface area contributed by atoms with Crippen molar-refractivity contribution in [1.29, 1.82) is 0 Å². The second-order valence-corrected chi connectivity index (χ2v) is 10.3. The SMILES string of the molecule is C[C@@H]1[C@@H]2[C@@H](O)[C@H]([C@H](C)C(=O)N3CCCC3)CC[C@]2(C)CC[C@@H]1NC(=O)c1cnccn1. The van der Waals surface area contributed by atoms with Crippen molar-refractivity contribution < 1.29 is 14.7 Å². The van der Waals surface area contributed by atoms with E-state index in [9.17, 15) is 14.7 Å². The number of aliphatic hydroxyl groups excluding tert-OH is 1. The van der Waals surface area contributed by atoms with Crippen LogP contribution in [0.3, 0.4) is 0 Å². The molecular formula is C24H36N4O3. The second kappa shape index (κ2) is 8.85. The third-order valence-electron chi connectivity index (χ3n) is 8.45. The lowest BCUT2D eigenvalue weighted by molar-refractivity contribution is -0.149. The van der Waals surface area contributed by atoms with E-state index in [4.69, 9.17) is 0 Å². The number of aromatic nitrogens is 2. The molecule has 3 fully saturated rings. The molecule has 7 nitrogen and oxygen atoms in total. The molecule has 31 heavy (non-hydrogen) atoms. The van der Waals surface area contributed by atoms with Crippen molar-refractivity contribution in [3.63, 3.8) is 0 Å². The van der Waals surface area contributed by atoms with Crippen LogP contribution >= 0.6 is 0 Å². The first-order chi connectivity index (χ1) is 14.8. The fourth-order valence-electron chi connectivity index (χ4n) is 6.56. The summed E-state index contributed by atoms with van der Waals surface area (Å²) in [7, 11) is 0. The fourth-order valence-corrected chi connectivity index (χ4v) is 6.56. The van der Waals surface area contributed by atoms with E-state index in [0.29, 0.717) is 5.69 Å². The molecule has 4 rings (SSSR count). The molecule has 7 atom stereocenters. The van der Waals surface area contributed by atoms with Crippen molar-refractivity contribution in [3.05, 3.63) is 24.3 Å². The predicted molar refractivity (Wildman–Crippen MR) is 117 cm³/mol. The molecule has 2 saturated carbocycles. The number of hydrogen-bond donors (Lipinski definition) is 2. The largest absolute Gasteiger partial charge is 0.392 e. The topological polar surface area (TPSA) is 95.4 Å². The Bertz CT molecular complexity index is 797. The molecule has 2 amide bonds. The first-order valence-electron chi connectivity index (χ1n) is 11.9. The van der Waals surface area contributed by atoms with Gasteiger partial charge < -0.3 is 15.3 Å². The van der Waals surface area contributed by atoms with Gasteiger partial charge >= 0.3 is 0 Å². The van der Waals surface area contributed by atoms with Gasteiger partial charge in [-0.05, 0) is 61.7 Å². The lowest BCUT2D eigenvalue weighted by Gasteiger charge is -2.56. The molecule has 1 aromatic rings. The van der Waals surface area contributed by atoms with E-state index in [1.165, 1.54) is 12.4 Å². The molecule has 1 aliphatic heterocycles. The smallest absolute Gasteiger partial charge is 0.271 e. The first kappa shape index (κ1) is 22.2. The van der Waals surface area contributed by atoms with Crippen LogP contribution in [0, 0.1) is 29.1 Å². The van der Waals surface area contributed by atoms with Crippen LogP contribution in [0.5, 0.6) is 0 Å². The van der Waals surface area contributed by atoms with Crippen LogP contribution in [-0.4, -0.2) is 57.0 Å². The van der Waals surface area contributed by atoms with Crippen LogP contribution in [0.1, 0.15) is 69.8 Å². The van der Waals surface area contributed by atoms with Gasteiger partial charge in [0, 0.05) is 37.4 Å². The van der Waals surface area contributed by atoms with Crippen molar-refractivity contribution in [3.8, 4) is 0 Å². The Morgan fingerprint density at radius 3 is 2.61 bits per heavy atom. The number of nitrogens with zero attached hydrogens (tertiary/aromatic N) is 3. The van der Waals surface area contributed by atoms with Crippen molar-refractivity contribution in [2.24, 2.45) is 29.1 Å². The summed E-state index contributed by atoms with van der Waals surface area (Å²) in [6, 6.07) is -0.0226. The monoisotopic (exact) mass is 428 g/mol. The van der Waals surface area contributed by atoms with E-state index < -0.39 is 6.10 Å². The van der Waals surface area contributed by atoms with Gasteiger partial charge in [-0.25, -0.2) is 4.98 Å². The summed E-state index contributed by atoms with van der Waals surface area (Å²) in [5, 5.41) is 14.7. The van der Waals surface area contributed by atoms with Gasteiger partial charge in [0.25, 0.3) is 5.91 Å². The summed E-state index contributed by atoms with van der Waals surface area (Å²) < 4.78 is 0. The normalized spacial score (nSPS) is 36.5. The summed E-state index contributed by atoms with van der Waals surface area (Å²) in [6.07, 6.45) is 9.93. The molecule has 2 heterocycles. The zero-order valence-electron chi connectivity index (χ0n) is 19.0. The molecule has 7 heteroatoms. The summed E-state index contributed by atoms with van der Waals surface area (Å²) in [4.78, 5) is 35.7. The third kappa shape index (κ3) is 4.21. The molecule has 1 saturated heterocycles. The van der Waals surface area contributed by atoms with E-state index in [1.807, 2.05) is 11.8 Å². The Kier molecular flexibility index (Phi) is 6.33. The van der Waals surface area contributed by atoms with Gasteiger partial charge in [-0.2, -0.15) is 0 Å². The number of nitrogens with one attached hydrogen (secondary N) is 1. The number of rotatable bonds is 4. The number of hydrogen-bond acceptors (Lipinski definition) is 5. The first-order valence-corrected chi connectivity index (χ1v) is 11.9. The van der Waals surface area contributed by atoms with Crippen LogP contribution in [0.2, 0.25) is 0 Å². The maximum Gasteiger partial charge on any atom is 0.271 e. The molecular weight excluding hydrogens is 392 g/mol. The Morgan fingerprint density at radius 2 is 1.94 bits per heavy atom. The highest BCUT2D eigenvalue weighted by atomic mass is 16.3. The van der Waals surface area contributed by atoms with Crippen LogP contribution in [0.15, 0.2) is 18.6 Å². The minimum atomic E-state index is -0.536. The van der Waals surface area contributed by atoms with Gasteiger partial charge in [-0.3, -0.25) is 14.6 Å². The Balaban J connectivity index is 1.48. The van der Waals surface area contributed by atoms with Gasteiger partial charge in [-0.1, -0.05) is 20.8 Å². The average molecular weight is 429 g/mol. The summed E-state index contributed by atoms with van der Waals surface area (Å²) in [6.45, 7) is 8.11. The van der Waals surface area contributed by atoms with Gasteiger partial charge in [0.15, 0.2) is 0 Å². The molecule has 3 aliphatic rings. The molecule has 170 valence electrons. The van der Waals surface area contributed by atoms with Crippen molar-refractivity contribution >= 4 is 11.8 Å². The number of likely N-dealkylation sites (tertiary alicyclic amines) is 1. The molecule has 1 aromatic heterocycles. The van der Waals surface area contributed by atoms with Crippen LogP contribution in [-0.2, 0) is 4.79 Å². The lowest BCUT2D eigenvalue weighted by Crippen LogP contribution is -2.58. The lowest BCUT2D eigenvalue weighted by atomic mass is 9.51. The molecule has 0 spiro atoms. The van der Waals surface area contributed by atoms with Crippen molar-refractivity contribution in [2.45, 2.75) is 71.4 Å². The predicted octanol–water partition coefficient (Wildman–Crippen LogP) is 2.66. The van der Waals surface area contributed by atoms with Crippen LogP contribution < -0.4 is 5.32 Å². The van der Waals surface area contributed by atoms with Gasteiger partial charge in [0.05, 0.1) is 12.3 Å². The van der Waals surface area contributed by atoms with Gasteiger partial charge in [-0.15, -0.1) is 0 Å². The fraction of sp³-hybridized carbons (Fsp3) is 0.750. The maximum absolute atomic E-state index is 13.0. The Hall–Kier alpha value is -2.02. The van der Waals surface area contributed by atoms with E-state index >= 15 is 0 Å². The quantitative estimate of drug-likeness (QED) is 0.769. The number of amides is 2. The van der Waals surface area contributed by atoms with Crippen LogP contribution in [0.25, 0.3) is 0 Å². The highest BCUT2D eigenvalue weighted by Gasteiger charge is 2.54. The van der Waals surface area contributed by atoms with Gasteiger partial charge in [0.2, 0.25) is 5.91 Å². The summed E-state index contributed by atoms with van der Waals surface area (Å²) in [5.74, 6) is -0.0381. The van der Waals surface area contributed by atoms with E-state index in [0.717, 1.165) is 51.6 Å². The summed E-state index contributed by atoms with van der Waals surface area (Å²) >= 11 is 0. The van der Waals surface area contributed by atoms with Gasteiger partial charge in [0.1, 0.15) is 5.69 Å². The minimum Gasteiger partial charge on any atom is -0.392 e. The highest BCUT2D eigenvalue weighted by Crippen LogP contribution is 2.55. The number of fused-ring (bicyclic) bond motifs is 1. The van der Waals surface area contributed by atoms with E-state index in [1.54, 1.807) is 6.20 Å². The van der Waals surface area contributed by atoms with Crippen LogP contribution in [0.4, 0.5) is 0 Å². The number of carbonyl (C=O) groups excluding carboxylic acids is 2. The maximum atomic E-state index is 13.0. The zero-order chi connectivity index (χ0) is 22.2. The molecule has 0 unspecified atom stereocenters. The van der Waals surface area contributed by atoms with Crippen molar-refractivity contribution in [2.75, 3.05) is 13.1 Å². The average Bonchev–Trinajstić information content (AvgIpc) is 3.30. The number of aliphatic hydroxyl groups is 1. The Morgan fingerprint density at radius 1 is 1.23 bits per heavy atom. The molecule has 0 bridgehead atoms. The molecule has 2 aliphatic carbocycles. The Labute approximate surface area is 185 Å². The second-order valence-electron chi connectivity index (χ2n) is 10.3. The number of carbonyl (C=O) groups is 2. The third-order valence-corrected chi connectivity index (χ3v) is 8.45. The van der Waals surface area contributed by atoms with E-state index in [-0.39, 0.29) is 46.9 Å². The molecule has 0 radical (unpaired) electrons. The molecule has 2 N–H and O–H groups in total. The summed E-state index contributed by atoms with van der Waals surface area (Å²) in [5.41, 5.74) is 0.356. The van der Waals surface area contributed by atoms with E-state index in [2.05, 4.69) is 29.1 Å². The zero-order valence-corrected chi connectivity index (χ0v) is 19.0. The minimum absolute atomic E-state index is 0.0226. The highest BCUT2D eigenvalue weighted by molar-refractivity contribution is 5.92. The standard InChI is InChI=1S/C24H36N4O3/c1-15(23(31)28-12-4-5-13-28)17-6-8-24(3)9-7-18(16(2)20(24)21(17)29)27-22(30)19-14-25-10-11-26-19/h10-11,14-18,20-21,29H,4-9,12-13H2,1-3H3,(H,27,30)/t15-,16-,17-,18-,20+,21-,24+/m0/s1. The van der Waals surface area contributed by atoms with Crippen molar-refractivity contribution in [1.82, 2.24) is 20.2 Å².